The Morgan fingerprint density at radius 1 is 0.698 bits per heavy atom. The van der Waals surface area contributed by atoms with Crippen molar-refractivity contribution >= 4 is 28.8 Å². The molecule has 2 heterocycles. The number of rotatable bonds is 4. The van der Waals surface area contributed by atoms with Crippen LogP contribution in [0.3, 0.4) is 0 Å². The van der Waals surface area contributed by atoms with Gasteiger partial charge in [-0.3, -0.25) is 40.5 Å². The summed E-state index contributed by atoms with van der Waals surface area (Å²) in [5.41, 5.74) is 0.863. The summed E-state index contributed by atoms with van der Waals surface area (Å²) in [5, 5.41) is 47.4. The summed E-state index contributed by atoms with van der Waals surface area (Å²) in [6.45, 7) is 7.72. The van der Waals surface area contributed by atoms with Crippen LogP contribution in [0.25, 0.3) is 0 Å². The van der Waals surface area contributed by atoms with Crippen molar-refractivity contribution in [3.05, 3.63) is 87.0 Å². The second kappa shape index (κ2) is 10.8. The molecule has 0 saturated carbocycles. The standard InChI is InChI=1S/C16H19N3O6.C11H11N3O4/c1-16(2,3)25-15(20)17-7-9-4-10(8-17)12-6-14(19(23)24)13(18(21)22)5-11(9)12;15-13(16)10-2-8-6-1-7(5-12-4-6)9(8)3-11(10)14(17)18/h5-6,9-10H,4,7-8H2,1-3H3;2-3,6-7,12H,1,4-5H2. The fourth-order valence-electron chi connectivity index (χ4n) is 6.66. The van der Waals surface area contributed by atoms with E-state index in [1.54, 1.807) is 25.7 Å². The van der Waals surface area contributed by atoms with Crippen molar-refractivity contribution in [3.63, 3.8) is 0 Å². The van der Waals surface area contributed by atoms with Gasteiger partial charge in [-0.25, -0.2) is 4.79 Å². The van der Waals surface area contributed by atoms with E-state index in [4.69, 9.17) is 4.74 Å². The number of nitrogens with one attached hydrogen (secondary N) is 1. The van der Waals surface area contributed by atoms with Crippen LogP contribution in [0.2, 0.25) is 0 Å². The molecule has 1 N–H and O–H groups in total. The Labute approximate surface area is 244 Å². The maximum atomic E-state index is 12.3. The zero-order chi connectivity index (χ0) is 31.4. The first kappa shape index (κ1) is 29.8. The molecule has 4 atom stereocenters. The highest BCUT2D eigenvalue weighted by Crippen LogP contribution is 2.50. The van der Waals surface area contributed by atoms with Crippen LogP contribution in [0.5, 0.6) is 0 Å². The van der Waals surface area contributed by atoms with E-state index in [1.165, 1.54) is 24.3 Å². The van der Waals surface area contributed by atoms with Gasteiger partial charge >= 0.3 is 28.8 Å². The Morgan fingerprint density at radius 3 is 1.35 bits per heavy atom. The second-order valence-electron chi connectivity index (χ2n) is 12.3. The zero-order valence-electron chi connectivity index (χ0n) is 23.7. The number of carbonyl (C=O) groups is 1. The molecule has 2 aliphatic carbocycles. The number of benzene rings is 2. The number of nitro groups is 4. The molecule has 4 aliphatic rings. The molecule has 1 amide bonds. The van der Waals surface area contributed by atoms with Gasteiger partial charge in [-0.2, -0.15) is 0 Å². The van der Waals surface area contributed by atoms with Crippen molar-refractivity contribution in [1.29, 1.82) is 0 Å². The van der Waals surface area contributed by atoms with Crippen molar-refractivity contribution < 1.29 is 29.2 Å². The summed E-state index contributed by atoms with van der Waals surface area (Å²) in [6, 6.07) is 5.39. The first-order valence-corrected chi connectivity index (χ1v) is 13.8. The van der Waals surface area contributed by atoms with Crippen LogP contribution in [0.4, 0.5) is 27.5 Å². The van der Waals surface area contributed by atoms with Gasteiger partial charge in [-0.1, -0.05) is 0 Å². The van der Waals surface area contributed by atoms with E-state index in [2.05, 4.69) is 5.32 Å². The molecule has 2 aliphatic heterocycles. The molecular weight excluding hydrogens is 568 g/mol. The lowest BCUT2D eigenvalue weighted by molar-refractivity contribution is -0.422. The second-order valence-corrected chi connectivity index (χ2v) is 12.3. The van der Waals surface area contributed by atoms with Crippen LogP contribution < -0.4 is 5.32 Å². The molecule has 0 aromatic heterocycles. The van der Waals surface area contributed by atoms with E-state index < -0.39 is 54.1 Å². The number of hydrogen-bond donors (Lipinski definition) is 1. The van der Waals surface area contributed by atoms with E-state index in [-0.39, 0.29) is 23.7 Å². The molecular formula is C27H30N6O10. The number of ether oxygens (including phenoxy) is 1. The molecule has 0 radical (unpaired) electrons. The lowest BCUT2D eigenvalue weighted by Gasteiger charge is -2.33. The average Bonchev–Trinajstić information content (AvgIpc) is 3.33. The van der Waals surface area contributed by atoms with Gasteiger partial charge in [0, 0.05) is 62.3 Å². The van der Waals surface area contributed by atoms with E-state index in [0.29, 0.717) is 13.1 Å². The maximum Gasteiger partial charge on any atom is 0.410 e. The quantitative estimate of drug-likeness (QED) is 0.365. The van der Waals surface area contributed by atoms with Crippen LogP contribution >= 0.6 is 0 Å². The molecule has 2 aromatic rings. The summed E-state index contributed by atoms with van der Waals surface area (Å²) in [6.07, 6.45) is 1.23. The number of fused-ring (bicyclic) bond motifs is 10. The van der Waals surface area contributed by atoms with Crippen molar-refractivity contribution in [2.45, 2.75) is 62.9 Å². The highest BCUT2D eigenvalue weighted by molar-refractivity contribution is 5.70. The largest absolute Gasteiger partial charge is 0.444 e. The number of nitro benzene ring substituents is 4. The predicted octanol–water partition coefficient (Wildman–Crippen LogP) is 5.00. The fourth-order valence-corrected chi connectivity index (χ4v) is 6.66. The third-order valence-corrected chi connectivity index (χ3v) is 8.36. The Kier molecular flexibility index (Phi) is 7.50. The Hall–Kier alpha value is -4.73. The van der Waals surface area contributed by atoms with Gasteiger partial charge in [0.1, 0.15) is 5.60 Å². The molecule has 4 bridgehead atoms. The molecule has 16 heteroatoms. The lowest BCUT2D eigenvalue weighted by atomic mass is 9.96. The lowest BCUT2D eigenvalue weighted by Crippen LogP contribution is -2.42. The normalized spacial score (nSPS) is 22.9. The molecule has 6 rings (SSSR count). The number of carbonyl (C=O) groups excluding carboxylic acids is 1. The summed E-state index contributed by atoms with van der Waals surface area (Å²) < 4.78 is 5.39. The van der Waals surface area contributed by atoms with Crippen LogP contribution in [0.15, 0.2) is 24.3 Å². The van der Waals surface area contributed by atoms with Gasteiger partial charge in [0.25, 0.3) is 0 Å². The summed E-state index contributed by atoms with van der Waals surface area (Å²) in [4.78, 5) is 55.2. The number of amides is 1. The van der Waals surface area contributed by atoms with Crippen LogP contribution in [-0.4, -0.2) is 62.5 Å². The van der Waals surface area contributed by atoms with Crippen LogP contribution in [0, 0.1) is 40.5 Å². The highest BCUT2D eigenvalue weighted by atomic mass is 16.6. The van der Waals surface area contributed by atoms with E-state index in [9.17, 15) is 45.3 Å². The van der Waals surface area contributed by atoms with E-state index in [1.807, 2.05) is 0 Å². The zero-order valence-corrected chi connectivity index (χ0v) is 23.7. The maximum absolute atomic E-state index is 12.3. The van der Waals surface area contributed by atoms with Crippen LogP contribution in [-0.2, 0) is 4.74 Å². The van der Waals surface area contributed by atoms with Crippen molar-refractivity contribution in [2.75, 3.05) is 26.2 Å². The summed E-state index contributed by atoms with van der Waals surface area (Å²) >= 11 is 0. The topological polar surface area (TPSA) is 214 Å². The van der Waals surface area contributed by atoms with Gasteiger partial charge in [-0.05, 0) is 67.7 Å². The minimum absolute atomic E-state index is 0.0687. The Morgan fingerprint density at radius 2 is 1.02 bits per heavy atom. The van der Waals surface area contributed by atoms with E-state index >= 15 is 0 Å². The third-order valence-electron chi connectivity index (χ3n) is 8.36. The monoisotopic (exact) mass is 598 g/mol. The minimum atomic E-state index is -0.730. The molecule has 16 nitrogen and oxygen atoms in total. The van der Waals surface area contributed by atoms with Gasteiger partial charge in [0.05, 0.1) is 19.7 Å². The van der Waals surface area contributed by atoms with E-state index in [0.717, 1.165) is 48.2 Å². The number of hydrogen-bond acceptors (Lipinski definition) is 11. The highest BCUT2D eigenvalue weighted by Gasteiger charge is 2.43. The third kappa shape index (κ3) is 5.69. The van der Waals surface area contributed by atoms with Gasteiger partial charge in [0.15, 0.2) is 0 Å². The predicted molar refractivity (Wildman–Crippen MR) is 150 cm³/mol. The number of piperidine rings is 2. The molecule has 0 spiro atoms. The van der Waals surface area contributed by atoms with Crippen LogP contribution in [0.1, 0.15) is 79.5 Å². The summed E-state index contributed by atoms with van der Waals surface area (Å²) in [5.74, 6) is 0.359. The smallest absolute Gasteiger partial charge is 0.410 e. The van der Waals surface area contributed by atoms with Gasteiger partial charge < -0.3 is 15.0 Å². The average molecular weight is 599 g/mol. The Balaban J connectivity index is 0.000000180. The first-order chi connectivity index (χ1) is 20.1. The molecule has 4 unspecified atom stereocenters. The summed E-state index contributed by atoms with van der Waals surface area (Å²) in [7, 11) is 0. The molecule has 2 fully saturated rings. The molecule has 2 saturated heterocycles. The number of nitrogens with zero attached hydrogens (tertiary/aromatic N) is 5. The SMILES string of the molecule is CC(C)(C)OC(=O)N1CC2CC(C1)c1cc([N+](=O)[O-])c([N+](=O)[O-])cc12.O=[N+]([O-])c1cc2c(cc1[N+](=O)[O-])C1CNCC2C1. The molecule has 43 heavy (non-hydrogen) atoms. The van der Waals surface area contributed by atoms with Crippen molar-refractivity contribution in [2.24, 2.45) is 0 Å². The number of likely N-dealkylation sites (tertiary alicyclic amines) is 1. The minimum Gasteiger partial charge on any atom is -0.444 e. The fraction of sp³-hybridized carbons (Fsp3) is 0.519. The molecule has 2 aromatic carbocycles. The van der Waals surface area contributed by atoms with Gasteiger partial charge in [0.2, 0.25) is 0 Å². The van der Waals surface area contributed by atoms with Gasteiger partial charge in [-0.15, -0.1) is 0 Å². The van der Waals surface area contributed by atoms with Crippen molar-refractivity contribution in [3.8, 4) is 0 Å². The van der Waals surface area contributed by atoms with Crippen molar-refractivity contribution in [1.82, 2.24) is 10.2 Å². The Bertz CT molecular complexity index is 1460. The first-order valence-electron chi connectivity index (χ1n) is 13.8. The molecule has 228 valence electrons.